The third kappa shape index (κ3) is 7.37. The molecule has 0 aromatic heterocycles. The maximum atomic E-state index is 4.75. The van der Waals surface area contributed by atoms with Gasteiger partial charge in [-0.25, -0.2) is 19.1 Å². The zero-order valence-electron chi connectivity index (χ0n) is 25.2. The standard InChI is InChI=1S/2C16H18N3S.ClH.HI/c2*1-18(2)11-5-7-13-15(9-11)20-16-10-12(19(3)4)6-8-14(16)17-13;;/h2*5-10H,1-4H3;2*1H/q2*+1;;/p-2. The van der Waals surface area contributed by atoms with Crippen molar-refractivity contribution in [1.82, 2.24) is 19.1 Å². The maximum absolute atomic E-state index is 4.75. The van der Waals surface area contributed by atoms with Crippen LogP contribution in [0.2, 0.25) is 0 Å². The van der Waals surface area contributed by atoms with E-state index in [4.69, 9.17) is 9.97 Å². The Morgan fingerprint density at radius 3 is 1.26 bits per heavy atom. The summed E-state index contributed by atoms with van der Waals surface area (Å²) >= 11 is 3.60. The summed E-state index contributed by atoms with van der Waals surface area (Å²) in [6.07, 6.45) is 0. The van der Waals surface area contributed by atoms with Crippen LogP contribution in [0.3, 0.4) is 0 Å². The van der Waals surface area contributed by atoms with Crippen molar-refractivity contribution in [2.45, 2.75) is 0 Å². The van der Waals surface area contributed by atoms with Crippen LogP contribution in [0, 0.1) is 0 Å². The molecule has 220 valence electrons. The second-order valence-electron chi connectivity index (χ2n) is 10.6. The summed E-state index contributed by atoms with van der Waals surface area (Å²) in [4.78, 5) is 16.2. The van der Waals surface area contributed by atoms with Gasteiger partial charge in [0.25, 0.3) is 0 Å². The van der Waals surface area contributed by atoms with Crippen LogP contribution < -0.4 is 66.0 Å². The molecule has 2 aliphatic carbocycles. The Bertz CT molecular complexity index is 1780. The van der Waals surface area contributed by atoms with Crippen LogP contribution in [-0.4, -0.2) is 66.3 Å². The summed E-state index contributed by atoms with van der Waals surface area (Å²) in [6, 6.07) is 25.7. The number of fused-ring (bicyclic) bond motifs is 4. The smallest absolute Gasteiger partial charge is 0.201 e. The zero-order chi connectivity index (χ0) is 28.6. The number of benzene rings is 4. The number of hydrogen-bond donors (Lipinski definition) is 0. The number of rotatable bonds is 2. The van der Waals surface area contributed by atoms with Gasteiger partial charge in [0.05, 0.1) is 41.6 Å². The van der Waals surface area contributed by atoms with E-state index in [0.717, 1.165) is 22.4 Å². The third-order valence-electron chi connectivity index (χ3n) is 6.76. The summed E-state index contributed by atoms with van der Waals surface area (Å²) in [7, 11) is 16.5. The number of hydrogen-bond acceptors (Lipinski definition) is 6. The molecular weight excluding hydrogens is 695 g/mol. The first-order chi connectivity index (χ1) is 19.1. The molecule has 2 heterocycles. The first-order valence-electron chi connectivity index (χ1n) is 13.1. The molecule has 0 radical (unpaired) electrons. The number of anilines is 2. The van der Waals surface area contributed by atoms with E-state index in [0.29, 0.717) is 0 Å². The lowest BCUT2D eigenvalue weighted by molar-refractivity contribution is -0.00100. The van der Waals surface area contributed by atoms with Gasteiger partial charge in [0.1, 0.15) is 28.2 Å². The minimum Gasteiger partial charge on any atom is -1.00 e. The maximum Gasteiger partial charge on any atom is 0.201 e. The van der Waals surface area contributed by atoms with Crippen LogP contribution in [0.1, 0.15) is 0 Å². The Hall–Kier alpha value is -2.86. The van der Waals surface area contributed by atoms with Crippen LogP contribution in [0.15, 0.2) is 72.8 Å². The van der Waals surface area contributed by atoms with Crippen molar-refractivity contribution in [2.24, 2.45) is 0 Å². The molecule has 0 spiro atoms. The van der Waals surface area contributed by atoms with E-state index >= 15 is 0 Å². The lowest BCUT2D eigenvalue weighted by atomic mass is 10.2. The van der Waals surface area contributed by atoms with E-state index in [1.54, 1.807) is 22.7 Å². The van der Waals surface area contributed by atoms with Crippen molar-refractivity contribution in [1.29, 1.82) is 0 Å². The van der Waals surface area contributed by atoms with Crippen molar-refractivity contribution < 1.29 is 36.4 Å². The third-order valence-corrected chi connectivity index (χ3v) is 8.95. The van der Waals surface area contributed by atoms with E-state index in [-0.39, 0.29) is 36.4 Å². The van der Waals surface area contributed by atoms with Gasteiger partial charge in [0.2, 0.25) is 10.7 Å². The average molecular weight is 731 g/mol. The van der Waals surface area contributed by atoms with Gasteiger partial charge in [-0.15, -0.1) is 22.7 Å². The molecule has 0 atom stereocenters. The van der Waals surface area contributed by atoms with Crippen molar-refractivity contribution >= 4 is 54.5 Å². The minimum atomic E-state index is 0. The normalized spacial score (nSPS) is 10.5. The molecule has 0 fully saturated rings. The van der Waals surface area contributed by atoms with Crippen LogP contribution in [0.5, 0.6) is 0 Å². The first kappa shape index (κ1) is 33.6. The Kier molecular flexibility index (Phi) is 11.3. The molecule has 0 bridgehead atoms. The second-order valence-corrected chi connectivity index (χ2v) is 12.8. The van der Waals surface area contributed by atoms with Crippen LogP contribution in [0.4, 0.5) is 11.4 Å². The highest BCUT2D eigenvalue weighted by molar-refractivity contribution is 7.21. The summed E-state index contributed by atoms with van der Waals surface area (Å²) in [5.41, 5.74) is 6.66. The fourth-order valence-electron chi connectivity index (χ4n) is 4.32. The van der Waals surface area contributed by atoms with E-state index in [9.17, 15) is 0 Å². The average Bonchev–Trinajstić information content (AvgIpc) is 2.93. The SMILES string of the molecule is CN(C)c1ccc2nc3ccc(=[N+](C)C)cc-3sc2c1.CN(C)c1ccc2nc3ccc(=[N+](C)C)cc-3sc2c1.[Cl-].[I-]. The number of halogens is 2. The molecule has 2 aromatic carbocycles. The number of aromatic nitrogens is 2. The van der Waals surface area contributed by atoms with Gasteiger partial charge in [-0.2, -0.15) is 0 Å². The number of nitrogens with zero attached hydrogens (tertiary/aromatic N) is 6. The lowest BCUT2D eigenvalue weighted by Gasteiger charge is -2.13. The zero-order valence-corrected chi connectivity index (χ0v) is 29.7. The quantitative estimate of drug-likeness (QED) is 0.131. The second kappa shape index (κ2) is 14.1. The molecule has 4 aliphatic rings. The first-order valence-corrected chi connectivity index (χ1v) is 14.8. The molecule has 0 N–H and O–H groups in total. The van der Waals surface area contributed by atoms with E-state index in [1.165, 1.54) is 41.2 Å². The molecule has 6 nitrogen and oxygen atoms in total. The molecule has 0 saturated carbocycles. The van der Waals surface area contributed by atoms with E-state index in [2.05, 4.69) is 148 Å². The van der Waals surface area contributed by atoms with Gasteiger partial charge in [-0.05, 0) is 48.5 Å². The van der Waals surface area contributed by atoms with Gasteiger partial charge in [-0.1, -0.05) is 0 Å². The highest BCUT2D eigenvalue weighted by Gasteiger charge is 2.11. The molecule has 0 saturated heterocycles. The van der Waals surface area contributed by atoms with Gasteiger partial charge in [0.15, 0.2) is 0 Å². The Labute approximate surface area is 279 Å². The van der Waals surface area contributed by atoms with E-state index in [1.807, 2.05) is 0 Å². The molecular formula is C32H36ClIN6S2. The summed E-state index contributed by atoms with van der Waals surface area (Å²) in [5.74, 6) is 0. The van der Waals surface area contributed by atoms with Crippen molar-refractivity contribution in [3.05, 3.63) is 83.5 Å². The fraction of sp³-hybridized carbons (Fsp3) is 0.250. The van der Waals surface area contributed by atoms with Gasteiger partial charge < -0.3 is 46.2 Å². The summed E-state index contributed by atoms with van der Waals surface area (Å²) in [6.45, 7) is 0. The lowest BCUT2D eigenvalue weighted by Crippen LogP contribution is -3.00. The Morgan fingerprint density at radius 2 is 0.929 bits per heavy atom. The molecule has 2 aliphatic heterocycles. The Balaban J connectivity index is 0.000000220. The monoisotopic (exact) mass is 730 g/mol. The van der Waals surface area contributed by atoms with Gasteiger partial charge in [0, 0.05) is 63.8 Å². The van der Waals surface area contributed by atoms with Gasteiger partial charge in [-0.3, -0.25) is 0 Å². The van der Waals surface area contributed by atoms with Gasteiger partial charge >= 0.3 is 0 Å². The van der Waals surface area contributed by atoms with Crippen LogP contribution in [0.25, 0.3) is 41.6 Å². The molecule has 2 aromatic rings. The topological polar surface area (TPSA) is 38.3 Å². The van der Waals surface area contributed by atoms with Crippen molar-refractivity contribution in [3.63, 3.8) is 0 Å². The molecule has 0 unspecified atom stereocenters. The molecule has 6 rings (SSSR count). The summed E-state index contributed by atoms with van der Waals surface area (Å²) in [5, 5.41) is 2.41. The molecule has 10 heteroatoms. The Morgan fingerprint density at radius 1 is 0.548 bits per heavy atom. The highest BCUT2D eigenvalue weighted by Crippen LogP contribution is 2.32. The van der Waals surface area contributed by atoms with Crippen LogP contribution in [-0.2, 0) is 0 Å². The minimum absolute atomic E-state index is 0. The summed E-state index contributed by atoms with van der Waals surface area (Å²) < 4.78 is 6.68. The molecule has 0 amide bonds. The predicted molar refractivity (Wildman–Crippen MR) is 175 cm³/mol. The molecule has 42 heavy (non-hydrogen) atoms. The predicted octanol–water partition coefficient (Wildman–Crippen LogP) is -0.994. The van der Waals surface area contributed by atoms with Crippen molar-refractivity contribution in [2.75, 3.05) is 66.2 Å². The highest BCUT2D eigenvalue weighted by atomic mass is 127. The van der Waals surface area contributed by atoms with Crippen molar-refractivity contribution in [3.8, 4) is 21.1 Å². The fourth-order valence-corrected chi connectivity index (χ4v) is 6.38. The largest absolute Gasteiger partial charge is 1.00 e. The van der Waals surface area contributed by atoms with E-state index < -0.39 is 0 Å². The van der Waals surface area contributed by atoms with Crippen LogP contribution >= 0.6 is 22.7 Å².